The van der Waals surface area contributed by atoms with Crippen molar-refractivity contribution >= 4 is 40.0 Å². The van der Waals surface area contributed by atoms with Crippen molar-refractivity contribution in [2.24, 2.45) is 7.05 Å². The average Bonchev–Trinajstić information content (AvgIpc) is 3.20. The van der Waals surface area contributed by atoms with E-state index in [0.717, 1.165) is 17.0 Å². The Labute approximate surface area is 171 Å². The van der Waals surface area contributed by atoms with E-state index in [4.69, 9.17) is 11.6 Å². The molecule has 2 heterocycles. The number of carbonyl (C=O) groups is 2. The largest absolute Gasteiger partial charge is 0.372 e. The average molecular weight is 416 g/mol. The van der Waals surface area contributed by atoms with Crippen molar-refractivity contribution in [1.29, 1.82) is 0 Å². The highest BCUT2D eigenvalue weighted by atomic mass is 35.5. The van der Waals surface area contributed by atoms with Crippen LogP contribution in [0.15, 0.2) is 48.7 Å². The Bertz CT molecular complexity index is 1110. The van der Waals surface area contributed by atoms with Crippen LogP contribution >= 0.6 is 11.6 Å². The molecule has 1 aliphatic rings. The van der Waals surface area contributed by atoms with Crippen molar-refractivity contribution in [3.63, 3.8) is 0 Å². The van der Waals surface area contributed by atoms with Crippen molar-refractivity contribution in [3.8, 4) is 0 Å². The lowest BCUT2D eigenvalue weighted by Gasteiger charge is -2.22. The number of hydrogen-bond donors (Lipinski definition) is 2. The molecule has 1 saturated heterocycles. The van der Waals surface area contributed by atoms with Crippen LogP contribution in [0.25, 0.3) is 10.9 Å². The molecule has 4 rings (SSSR count). The van der Waals surface area contributed by atoms with Gasteiger partial charge in [-0.2, -0.15) is 0 Å². The highest BCUT2D eigenvalue weighted by Gasteiger charge is 2.51. The van der Waals surface area contributed by atoms with Crippen molar-refractivity contribution in [2.75, 3.05) is 11.4 Å². The summed E-state index contributed by atoms with van der Waals surface area (Å²) < 4.78 is 15.4. The molecule has 1 aromatic heterocycles. The molecular formula is C21H19ClFN3O3. The third-order valence-corrected chi connectivity index (χ3v) is 5.45. The van der Waals surface area contributed by atoms with Gasteiger partial charge in [-0.15, -0.1) is 0 Å². The molecule has 1 atom stereocenters. The summed E-state index contributed by atoms with van der Waals surface area (Å²) in [5, 5.41) is 14.4. The molecule has 2 amide bonds. The summed E-state index contributed by atoms with van der Waals surface area (Å²) in [6.45, 7) is 0.161. The van der Waals surface area contributed by atoms with Crippen molar-refractivity contribution in [2.45, 2.75) is 18.6 Å². The SMILES string of the molecule is Cn1ccc2cc(N3CCC(O)(C(=O)NCc4cc(F)cc(Cl)c4)C3=O)ccc21. The maximum absolute atomic E-state index is 13.4. The van der Waals surface area contributed by atoms with Crippen LogP contribution in [-0.4, -0.2) is 33.6 Å². The zero-order chi connectivity index (χ0) is 20.8. The minimum Gasteiger partial charge on any atom is -0.372 e. The molecule has 1 aliphatic heterocycles. The van der Waals surface area contributed by atoms with Gasteiger partial charge in [0.15, 0.2) is 0 Å². The first kappa shape index (κ1) is 19.4. The first-order valence-electron chi connectivity index (χ1n) is 9.11. The molecule has 0 spiro atoms. The summed E-state index contributed by atoms with van der Waals surface area (Å²) >= 11 is 5.81. The van der Waals surface area contributed by atoms with E-state index in [0.29, 0.717) is 11.3 Å². The van der Waals surface area contributed by atoms with Crippen LogP contribution in [0.5, 0.6) is 0 Å². The molecule has 6 nitrogen and oxygen atoms in total. The van der Waals surface area contributed by atoms with Gasteiger partial charge < -0.3 is 19.9 Å². The lowest BCUT2D eigenvalue weighted by Crippen LogP contribution is -2.52. The Balaban J connectivity index is 1.50. The Kier molecular flexibility index (Phi) is 4.80. The van der Waals surface area contributed by atoms with Crippen LogP contribution in [0.4, 0.5) is 10.1 Å². The molecule has 2 N–H and O–H groups in total. The van der Waals surface area contributed by atoms with Gasteiger partial charge in [0.2, 0.25) is 5.60 Å². The Morgan fingerprint density at radius 1 is 1.28 bits per heavy atom. The van der Waals surface area contributed by atoms with Crippen LogP contribution in [0.1, 0.15) is 12.0 Å². The standard InChI is InChI=1S/C21H19ClFN3O3/c1-25-6-4-14-10-17(2-3-18(14)25)26-7-5-21(29,20(26)28)19(27)24-12-13-8-15(22)11-16(23)9-13/h2-4,6,8-11,29H,5,7,12H2,1H3,(H,24,27). The van der Waals surface area contributed by atoms with Crippen LogP contribution in [0.2, 0.25) is 5.02 Å². The predicted octanol–water partition coefficient (Wildman–Crippen LogP) is 2.76. The molecule has 150 valence electrons. The smallest absolute Gasteiger partial charge is 0.268 e. The number of carbonyl (C=O) groups excluding carboxylic acids is 2. The second kappa shape index (κ2) is 7.17. The number of aliphatic hydroxyl groups is 1. The van der Waals surface area contributed by atoms with Gasteiger partial charge in [0.05, 0.1) is 0 Å². The van der Waals surface area contributed by atoms with Gasteiger partial charge in [-0.25, -0.2) is 4.39 Å². The quantitative estimate of drug-likeness (QED) is 0.643. The van der Waals surface area contributed by atoms with Gasteiger partial charge in [0.1, 0.15) is 5.82 Å². The lowest BCUT2D eigenvalue weighted by atomic mass is 10.0. The van der Waals surface area contributed by atoms with Crippen LogP contribution in [0, 0.1) is 5.82 Å². The van der Waals surface area contributed by atoms with E-state index in [9.17, 15) is 19.1 Å². The van der Waals surface area contributed by atoms with E-state index >= 15 is 0 Å². The first-order chi connectivity index (χ1) is 13.8. The normalized spacial score (nSPS) is 19.2. The van der Waals surface area contributed by atoms with Crippen LogP contribution in [-0.2, 0) is 23.2 Å². The van der Waals surface area contributed by atoms with Gasteiger partial charge in [0, 0.05) is 54.4 Å². The molecule has 1 fully saturated rings. The molecule has 3 aromatic rings. The summed E-state index contributed by atoms with van der Waals surface area (Å²) in [5.74, 6) is -2.02. The number of nitrogens with one attached hydrogen (secondary N) is 1. The number of anilines is 1. The Morgan fingerprint density at radius 3 is 2.83 bits per heavy atom. The van der Waals surface area contributed by atoms with Gasteiger partial charge in [-0.1, -0.05) is 11.6 Å². The summed E-state index contributed by atoms with van der Waals surface area (Å²) in [6, 6.07) is 11.4. The molecule has 0 radical (unpaired) electrons. The topological polar surface area (TPSA) is 74.6 Å². The van der Waals surface area contributed by atoms with Gasteiger partial charge in [0.25, 0.3) is 11.8 Å². The van der Waals surface area contributed by atoms with E-state index in [1.165, 1.54) is 17.0 Å². The van der Waals surface area contributed by atoms with E-state index < -0.39 is 23.2 Å². The number of halogens is 2. The van der Waals surface area contributed by atoms with E-state index in [2.05, 4.69) is 5.32 Å². The third-order valence-electron chi connectivity index (χ3n) is 5.23. The minimum absolute atomic E-state index is 0.0333. The van der Waals surface area contributed by atoms with Gasteiger partial charge in [-0.3, -0.25) is 9.59 Å². The monoisotopic (exact) mass is 415 g/mol. The number of amides is 2. The lowest BCUT2D eigenvalue weighted by molar-refractivity contribution is -0.149. The summed E-state index contributed by atoms with van der Waals surface area (Å²) in [7, 11) is 1.93. The summed E-state index contributed by atoms with van der Waals surface area (Å²) in [4.78, 5) is 26.8. The first-order valence-corrected chi connectivity index (χ1v) is 9.48. The Morgan fingerprint density at radius 2 is 2.07 bits per heavy atom. The van der Waals surface area contributed by atoms with E-state index in [1.54, 1.807) is 6.07 Å². The maximum atomic E-state index is 13.4. The second-order valence-electron chi connectivity index (χ2n) is 7.20. The fourth-order valence-electron chi connectivity index (χ4n) is 3.64. The number of fused-ring (bicyclic) bond motifs is 1. The van der Waals surface area contributed by atoms with Gasteiger partial charge >= 0.3 is 0 Å². The zero-order valence-electron chi connectivity index (χ0n) is 15.7. The highest BCUT2D eigenvalue weighted by Crippen LogP contribution is 2.31. The van der Waals surface area contributed by atoms with Crippen molar-refractivity contribution in [1.82, 2.24) is 9.88 Å². The van der Waals surface area contributed by atoms with Crippen LogP contribution in [0.3, 0.4) is 0 Å². The zero-order valence-corrected chi connectivity index (χ0v) is 16.4. The number of benzene rings is 2. The number of nitrogens with zero attached hydrogens (tertiary/aromatic N) is 2. The Hall–Kier alpha value is -2.90. The van der Waals surface area contributed by atoms with Crippen molar-refractivity contribution in [3.05, 3.63) is 65.1 Å². The van der Waals surface area contributed by atoms with Gasteiger partial charge in [-0.05, 0) is 48.0 Å². The minimum atomic E-state index is -2.16. The molecule has 1 unspecified atom stereocenters. The third kappa shape index (κ3) is 3.47. The van der Waals surface area contributed by atoms with E-state index in [1.807, 2.05) is 36.0 Å². The molecule has 8 heteroatoms. The highest BCUT2D eigenvalue weighted by molar-refractivity contribution is 6.30. The van der Waals surface area contributed by atoms with Crippen molar-refractivity contribution < 1.29 is 19.1 Å². The summed E-state index contributed by atoms with van der Waals surface area (Å²) in [5.41, 5.74) is -0.0942. The molecule has 0 bridgehead atoms. The number of hydrogen-bond acceptors (Lipinski definition) is 3. The maximum Gasteiger partial charge on any atom is 0.268 e. The second-order valence-corrected chi connectivity index (χ2v) is 7.63. The number of rotatable bonds is 4. The number of aryl methyl sites for hydroxylation is 1. The molecule has 0 saturated carbocycles. The summed E-state index contributed by atoms with van der Waals surface area (Å²) in [6.07, 6.45) is 1.89. The molecule has 2 aromatic carbocycles. The fraction of sp³-hybridized carbons (Fsp3) is 0.238. The molecular weight excluding hydrogens is 397 g/mol. The van der Waals surface area contributed by atoms with Crippen LogP contribution < -0.4 is 10.2 Å². The fourth-order valence-corrected chi connectivity index (χ4v) is 3.89. The van der Waals surface area contributed by atoms with E-state index in [-0.39, 0.29) is 24.5 Å². The number of aromatic nitrogens is 1. The molecule has 29 heavy (non-hydrogen) atoms. The molecule has 0 aliphatic carbocycles. The predicted molar refractivity (Wildman–Crippen MR) is 108 cm³/mol.